The van der Waals surface area contributed by atoms with E-state index in [4.69, 9.17) is 4.42 Å². The average Bonchev–Trinajstić information content (AvgIpc) is 3.53. The van der Waals surface area contributed by atoms with Crippen molar-refractivity contribution in [3.8, 4) is 22.7 Å². The molecule has 0 atom stereocenters. The molecule has 1 amide bonds. The summed E-state index contributed by atoms with van der Waals surface area (Å²) in [6.07, 6.45) is 13.3. The number of benzene rings is 1. The van der Waals surface area contributed by atoms with Crippen molar-refractivity contribution in [2.45, 2.75) is 76.3 Å². The molecule has 32 heavy (non-hydrogen) atoms. The summed E-state index contributed by atoms with van der Waals surface area (Å²) in [5, 5.41) is 3.16. The second kappa shape index (κ2) is 9.31. The van der Waals surface area contributed by atoms with Gasteiger partial charge in [-0.05, 0) is 62.1 Å². The number of furan rings is 1. The number of hydrogen-bond donors (Lipinski definition) is 1. The molecule has 0 spiro atoms. The highest BCUT2D eigenvalue weighted by Crippen LogP contribution is 2.39. The first-order chi connectivity index (χ1) is 15.7. The molecule has 0 unspecified atom stereocenters. The van der Waals surface area contributed by atoms with E-state index in [1.54, 1.807) is 18.2 Å². The van der Waals surface area contributed by atoms with Crippen molar-refractivity contribution < 1.29 is 13.6 Å². The highest BCUT2D eigenvalue weighted by atomic mass is 19.1. The molecule has 2 heterocycles. The molecule has 0 bridgehead atoms. The Kier molecular flexibility index (Phi) is 6.10. The Morgan fingerprint density at radius 3 is 2.34 bits per heavy atom. The van der Waals surface area contributed by atoms with Crippen LogP contribution in [0.2, 0.25) is 0 Å². The molecule has 168 valence electrons. The van der Waals surface area contributed by atoms with Gasteiger partial charge in [0, 0.05) is 17.6 Å². The van der Waals surface area contributed by atoms with E-state index < -0.39 is 0 Å². The molecule has 0 radical (unpaired) electrons. The third-order valence-electron chi connectivity index (χ3n) is 6.88. The van der Waals surface area contributed by atoms with Crippen molar-refractivity contribution in [1.29, 1.82) is 0 Å². The van der Waals surface area contributed by atoms with Crippen LogP contribution in [0.25, 0.3) is 22.7 Å². The number of aromatic nitrogens is 2. The maximum Gasteiger partial charge on any atom is 0.287 e. The summed E-state index contributed by atoms with van der Waals surface area (Å²) in [7, 11) is 0. The fourth-order valence-corrected chi connectivity index (χ4v) is 5.15. The molecule has 2 saturated carbocycles. The average molecular weight is 436 g/mol. The van der Waals surface area contributed by atoms with Gasteiger partial charge in [0.2, 0.25) is 0 Å². The summed E-state index contributed by atoms with van der Waals surface area (Å²) in [4.78, 5) is 17.5. The number of hydrogen-bond acceptors (Lipinski definition) is 3. The van der Waals surface area contributed by atoms with Crippen molar-refractivity contribution in [3.05, 3.63) is 54.3 Å². The number of carbonyl (C=O) groups is 1. The van der Waals surface area contributed by atoms with E-state index in [1.165, 1.54) is 37.8 Å². The van der Waals surface area contributed by atoms with Crippen LogP contribution < -0.4 is 5.32 Å². The highest BCUT2D eigenvalue weighted by Gasteiger charge is 2.26. The molecular formula is C26H30FN3O2. The van der Waals surface area contributed by atoms with Crippen LogP contribution in [0.1, 0.15) is 80.8 Å². The Labute approximate surface area is 188 Å². The second-order valence-electron chi connectivity index (χ2n) is 9.12. The van der Waals surface area contributed by atoms with Gasteiger partial charge in [-0.1, -0.05) is 38.5 Å². The van der Waals surface area contributed by atoms with E-state index in [1.807, 2.05) is 12.4 Å². The summed E-state index contributed by atoms with van der Waals surface area (Å²) >= 11 is 0. The van der Waals surface area contributed by atoms with Gasteiger partial charge in [0.15, 0.2) is 11.5 Å². The lowest BCUT2D eigenvalue weighted by molar-refractivity contribution is 0.0906. The first-order valence-corrected chi connectivity index (χ1v) is 11.9. The van der Waals surface area contributed by atoms with Gasteiger partial charge in [-0.15, -0.1) is 0 Å². The van der Waals surface area contributed by atoms with E-state index in [0.29, 0.717) is 17.6 Å². The molecule has 0 saturated heterocycles. The molecule has 2 aliphatic rings. The van der Waals surface area contributed by atoms with Gasteiger partial charge >= 0.3 is 0 Å². The molecule has 1 N–H and O–H groups in total. The number of imidazole rings is 1. The predicted octanol–water partition coefficient (Wildman–Crippen LogP) is 6.52. The first-order valence-electron chi connectivity index (χ1n) is 11.9. The van der Waals surface area contributed by atoms with E-state index >= 15 is 0 Å². The van der Waals surface area contributed by atoms with E-state index in [2.05, 4.69) is 14.9 Å². The lowest BCUT2D eigenvalue weighted by Gasteiger charge is -2.16. The van der Waals surface area contributed by atoms with Crippen LogP contribution in [0.5, 0.6) is 0 Å². The fraction of sp³-hybridized carbons (Fsp3) is 0.462. The van der Waals surface area contributed by atoms with Gasteiger partial charge in [0.1, 0.15) is 11.5 Å². The minimum atomic E-state index is -0.277. The Hall–Kier alpha value is -2.89. The zero-order valence-electron chi connectivity index (χ0n) is 18.4. The molecule has 6 heteroatoms. The molecule has 2 fully saturated rings. The van der Waals surface area contributed by atoms with Crippen LogP contribution in [-0.2, 0) is 0 Å². The highest BCUT2D eigenvalue weighted by molar-refractivity contribution is 5.92. The van der Waals surface area contributed by atoms with Crippen LogP contribution >= 0.6 is 0 Å². The molecule has 5 rings (SSSR count). The van der Waals surface area contributed by atoms with E-state index in [-0.39, 0.29) is 17.8 Å². The summed E-state index contributed by atoms with van der Waals surface area (Å²) in [6, 6.07) is 10.6. The number of carbonyl (C=O) groups excluding carboxylic acids is 1. The van der Waals surface area contributed by atoms with E-state index in [9.17, 15) is 9.18 Å². The van der Waals surface area contributed by atoms with Crippen LogP contribution in [0.3, 0.4) is 0 Å². The zero-order valence-corrected chi connectivity index (χ0v) is 18.4. The van der Waals surface area contributed by atoms with Crippen molar-refractivity contribution in [2.75, 3.05) is 0 Å². The lowest BCUT2D eigenvalue weighted by Crippen LogP contribution is -2.34. The Bertz CT molecular complexity index is 1060. The number of rotatable bonds is 5. The summed E-state index contributed by atoms with van der Waals surface area (Å²) in [6.45, 7) is 0. The summed E-state index contributed by atoms with van der Waals surface area (Å²) in [5.41, 5.74) is 2.44. The normalized spacial score (nSPS) is 18.0. The molecule has 0 aliphatic heterocycles. The lowest BCUT2D eigenvalue weighted by atomic mass is 10.1. The standard InChI is InChI=1S/C26H30FN3O2/c27-19-13-11-18(12-14-19)24-25(30(17-28-24)21-9-5-6-10-21)22-15-16-23(32-22)26(31)29-20-7-3-1-2-4-8-20/h11-17,20-21H,1-10H2,(H,29,31). The van der Waals surface area contributed by atoms with Gasteiger partial charge in [0.25, 0.3) is 5.91 Å². The van der Waals surface area contributed by atoms with Crippen molar-refractivity contribution in [2.24, 2.45) is 0 Å². The number of nitrogens with one attached hydrogen (secondary N) is 1. The number of amides is 1. The van der Waals surface area contributed by atoms with Gasteiger partial charge in [-0.2, -0.15) is 0 Å². The van der Waals surface area contributed by atoms with Crippen molar-refractivity contribution in [3.63, 3.8) is 0 Å². The second-order valence-corrected chi connectivity index (χ2v) is 9.12. The maximum atomic E-state index is 13.5. The third-order valence-corrected chi connectivity index (χ3v) is 6.88. The van der Waals surface area contributed by atoms with Gasteiger partial charge in [0.05, 0.1) is 12.0 Å². The Balaban J connectivity index is 1.45. The summed E-state index contributed by atoms with van der Waals surface area (Å²) < 4.78 is 21.8. The smallest absolute Gasteiger partial charge is 0.287 e. The third kappa shape index (κ3) is 4.36. The SMILES string of the molecule is O=C(NC1CCCCCC1)c1ccc(-c2c(-c3ccc(F)cc3)ncn2C2CCCC2)o1. The number of nitrogens with zero attached hydrogens (tertiary/aromatic N) is 2. The first kappa shape index (κ1) is 21.0. The fourth-order valence-electron chi connectivity index (χ4n) is 5.15. The Morgan fingerprint density at radius 1 is 0.938 bits per heavy atom. The minimum Gasteiger partial charge on any atom is -0.449 e. The van der Waals surface area contributed by atoms with Crippen LogP contribution in [0.4, 0.5) is 4.39 Å². The van der Waals surface area contributed by atoms with Crippen LogP contribution in [0, 0.1) is 5.82 Å². The van der Waals surface area contributed by atoms with Crippen LogP contribution in [0.15, 0.2) is 47.1 Å². The Morgan fingerprint density at radius 2 is 1.62 bits per heavy atom. The maximum absolute atomic E-state index is 13.5. The molecular weight excluding hydrogens is 405 g/mol. The van der Waals surface area contributed by atoms with Gasteiger partial charge in [-0.25, -0.2) is 9.37 Å². The quantitative estimate of drug-likeness (QED) is 0.464. The van der Waals surface area contributed by atoms with Gasteiger partial charge in [-0.3, -0.25) is 4.79 Å². The number of halogens is 1. The topological polar surface area (TPSA) is 60.1 Å². The monoisotopic (exact) mass is 435 g/mol. The minimum absolute atomic E-state index is 0.154. The largest absolute Gasteiger partial charge is 0.449 e. The van der Waals surface area contributed by atoms with Gasteiger partial charge < -0.3 is 14.3 Å². The molecule has 3 aromatic rings. The zero-order chi connectivity index (χ0) is 21.9. The molecule has 2 aromatic heterocycles. The van der Waals surface area contributed by atoms with Crippen molar-refractivity contribution in [1.82, 2.24) is 14.9 Å². The predicted molar refractivity (Wildman–Crippen MR) is 122 cm³/mol. The molecule has 2 aliphatic carbocycles. The molecule has 1 aromatic carbocycles. The van der Waals surface area contributed by atoms with E-state index in [0.717, 1.165) is 55.5 Å². The van der Waals surface area contributed by atoms with Crippen LogP contribution in [-0.4, -0.2) is 21.5 Å². The molecule has 5 nitrogen and oxygen atoms in total. The summed E-state index contributed by atoms with van der Waals surface area (Å²) in [5.74, 6) is 0.521. The van der Waals surface area contributed by atoms with Crippen molar-refractivity contribution >= 4 is 5.91 Å².